The molecule has 2 fully saturated rings. The molecule has 2 heterocycles. The largest absolute Gasteiger partial charge is 0.494 e. The standard InChI is InChI=1S/C22H34BFN2O6S/c1-20(2,3)30-19(27)26-10-8-25(9-11-26)15-16-12-17(14-18(13-16)33(24,28)29)23-31-21(4,5)22(6,7)32-23/h12-14H,8-11,15H2,1-7H3. The predicted octanol–water partition coefficient (Wildman–Crippen LogP) is 2.70. The fraction of sp³-hybridized carbons (Fsp3) is 0.682. The lowest BCUT2D eigenvalue weighted by atomic mass is 9.78. The van der Waals surface area contributed by atoms with Gasteiger partial charge in [-0.3, -0.25) is 4.90 Å². The van der Waals surface area contributed by atoms with E-state index in [0.29, 0.717) is 43.8 Å². The van der Waals surface area contributed by atoms with Gasteiger partial charge in [0.2, 0.25) is 0 Å². The second kappa shape index (κ2) is 8.83. The summed E-state index contributed by atoms with van der Waals surface area (Å²) in [6.07, 6.45) is -0.351. The molecule has 1 amide bonds. The number of hydrogen-bond donors (Lipinski definition) is 0. The second-order valence-corrected chi connectivity index (χ2v) is 12.0. The van der Waals surface area contributed by atoms with Gasteiger partial charge in [0.25, 0.3) is 0 Å². The molecular formula is C22H34BFN2O6S. The highest BCUT2D eigenvalue weighted by molar-refractivity contribution is 7.86. The van der Waals surface area contributed by atoms with Gasteiger partial charge in [0.15, 0.2) is 0 Å². The smallest absolute Gasteiger partial charge is 0.444 e. The van der Waals surface area contributed by atoms with E-state index >= 15 is 0 Å². The maximum Gasteiger partial charge on any atom is 0.494 e. The Morgan fingerprint density at radius 2 is 1.61 bits per heavy atom. The Morgan fingerprint density at radius 1 is 1.06 bits per heavy atom. The third kappa shape index (κ3) is 6.26. The van der Waals surface area contributed by atoms with Gasteiger partial charge < -0.3 is 18.9 Å². The first-order valence-electron chi connectivity index (χ1n) is 11.1. The van der Waals surface area contributed by atoms with Crippen LogP contribution in [0.3, 0.4) is 0 Å². The molecule has 0 aromatic heterocycles. The zero-order chi connectivity index (χ0) is 24.8. The minimum absolute atomic E-state index is 0.351. The summed E-state index contributed by atoms with van der Waals surface area (Å²) in [5, 5.41) is 0. The average Bonchev–Trinajstić information content (AvgIpc) is 2.87. The van der Waals surface area contributed by atoms with Crippen LogP contribution < -0.4 is 5.46 Å². The Balaban J connectivity index is 1.75. The number of carbonyl (C=O) groups excluding carboxylic acids is 1. The van der Waals surface area contributed by atoms with Gasteiger partial charge in [0, 0.05) is 32.7 Å². The van der Waals surface area contributed by atoms with Gasteiger partial charge in [-0.25, -0.2) is 4.79 Å². The van der Waals surface area contributed by atoms with E-state index in [1.165, 1.54) is 12.1 Å². The summed E-state index contributed by atoms with van der Waals surface area (Å²) in [4.78, 5) is 15.6. The molecule has 33 heavy (non-hydrogen) atoms. The van der Waals surface area contributed by atoms with Crippen LogP contribution in [0.1, 0.15) is 54.0 Å². The summed E-state index contributed by atoms with van der Waals surface area (Å²) >= 11 is 0. The van der Waals surface area contributed by atoms with Gasteiger partial charge in [0.1, 0.15) is 5.60 Å². The SMILES string of the molecule is CC(C)(C)OC(=O)N1CCN(Cc2cc(B3OC(C)(C)C(C)(C)O3)cc(S(=O)(=O)F)c2)CC1. The molecule has 11 heteroatoms. The van der Waals surface area contributed by atoms with Crippen LogP contribution in [0, 0.1) is 0 Å². The molecule has 0 bridgehead atoms. The summed E-state index contributed by atoms with van der Waals surface area (Å²) in [6, 6.07) is 4.39. The van der Waals surface area contributed by atoms with E-state index in [0.717, 1.165) is 0 Å². The van der Waals surface area contributed by atoms with E-state index in [1.54, 1.807) is 11.0 Å². The molecule has 1 aromatic rings. The minimum atomic E-state index is -4.91. The van der Waals surface area contributed by atoms with E-state index < -0.39 is 39.0 Å². The molecule has 0 saturated carbocycles. The van der Waals surface area contributed by atoms with Gasteiger partial charge in [-0.05, 0) is 71.6 Å². The molecule has 8 nitrogen and oxygen atoms in total. The van der Waals surface area contributed by atoms with Crippen molar-refractivity contribution in [2.24, 2.45) is 0 Å². The van der Waals surface area contributed by atoms with E-state index in [2.05, 4.69) is 4.90 Å². The van der Waals surface area contributed by atoms with Gasteiger partial charge >= 0.3 is 23.4 Å². The number of nitrogens with zero attached hydrogens (tertiary/aromatic N) is 2. The molecule has 2 aliphatic rings. The summed E-state index contributed by atoms with van der Waals surface area (Å²) < 4.78 is 54.9. The summed E-state index contributed by atoms with van der Waals surface area (Å²) in [5.74, 6) is 0. The van der Waals surface area contributed by atoms with Crippen LogP contribution >= 0.6 is 0 Å². The lowest BCUT2D eigenvalue weighted by Gasteiger charge is -2.35. The molecular weight excluding hydrogens is 450 g/mol. The number of piperazine rings is 1. The fourth-order valence-electron chi connectivity index (χ4n) is 3.71. The fourth-order valence-corrected chi connectivity index (χ4v) is 4.28. The summed E-state index contributed by atoms with van der Waals surface area (Å²) in [5.41, 5.74) is -0.698. The molecule has 2 saturated heterocycles. The average molecular weight is 484 g/mol. The van der Waals surface area contributed by atoms with Crippen molar-refractivity contribution in [1.29, 1.82) is 0 Å². The lowest BCUT2D eigenvalue weighted by molar-refractivity contribution is 0.00578. The second-order valence-electron chi connectivity index (χ2n) is 10.7. The molecule has 1 aromatic carbocycles. The molecule has 0 radical (unpaired) electrons. The molecule has 184 valence electrons. The number of hydrogen-bond acceptors (Lipinski definition) is 7. The number of ether oxygens (including phenoxy) is 1. The predicted molar refractivity (Wildman–Crippen MR) is 124 cm³/mol. The number of benzene rings is 1. The maximum absolute atomic E-state index is 13.9. The molecule has 2 aliphatic heterocycles. The molecule has 0 aliphatic carbocycles. The van der Waals surface area contributed by atoms with Gasteiger partial charge in [-0.1, -0.05) is 6.07 Å². The first-order valence-corrected chi connectivity index (χ1v) is 12.5. The van der Waals surface area contributed by atoms with Crippen LogP contribution in [0.2, 0.25) is 0 Å². The number of amides is 1. The van der Waals surface area contributed by atoms with E-state index in [1.807, 2.05) is 48.5 Å². The van der Waals surface area contributed by atoms with Crippen LogP contribution in [0.25, 0.3) is 0 Å². The van der Waals surface area contributed by atoms with Crippen molar-refractivity contribution in [1.82, 2.24) is 9.80 Å². The van der Waals surface area contributed by atoms with Crippen molar-refractivity contribution in [3.63, 3.8) is 0 Å². The summed E-state index contributed by atoms with van der Waals surface area (Å²) in [7, 11) is -5.72. The van der Waals surface area contributed by atoms with Crippen molar-refractivity contribution in [3.05, 3.63) is 23.8 Å². The lowest BCUT2D eigenvalue weighted by Crippen LogP contribution is -2.49. The maximum atomic E-state index is 13.9. The highest BCUT2D eigenvalue weighted by Gasteiger charge is 2.52. The third-order valence-corrected chi connectivity index (χ3v) is 7.02. The molecule has 0 unspecified atom stereocenters. The Bertz CT molecular complexity index is 985. The topological polar surface area (TPSA) is 85.4 Å². The minimum Gasteiger partial charge on any atom is -0.444 e. The van der Waals surface area contributed by atoms with E-state index in [9.17, 15) is 17.1 Å². The van der Waals surface area contributed by atoms with Gasteiger partial charge in [0.05, 0.1) is 16.1 Å². The van der Waals surface area contributed by atoms with Crippen LogP contribution in [0.15, 0.2) is 23.1 Å². The monoisotopic (exact) mass is 484 g/mol. The molecule has 0 atom stereocenters. The van der Waals surface area contributed by atoms with Crippen molar-refractivity contribution >= 4 is 28.9 Å². The Labute approximate surface area is 196 Å². The third-order valence-electron chi connectivity index (χ3n) is 6.23. The summed E-state index contributed by atoms with van der Waals surface area (Å²) in [6.45, 7) is 15.6. The van der Waals surface area contributed by atoms with Crippen LogP contribution in [0.4, 0.5) is 8.68 Å². The van der Waals surface area contributed by atoms with E-state index in [-0.39, 0.29) is 6.09 Å². The van der Waals surface area contributed by atoms with Gasteiger partial charge in [-0.2, -0.15) is 8.42 Å². The van der Waals surface area contributed by atoms with Crippen LogP contribution in [0.5, 0.6) is 0 Å². The molecule has 3 rings (SSSR count). The van der Waals surface area contributed by atoms with E-state index in [4.69, 9.17) is 14.0 Å². The van der Waals surface area contributed by atoms with Crippen molar-refractivity contribution in [3.8, 4) is 0 Å². The van der Waals surface area contributed by atoms with Crippen molar-refractivity contribution < 1.29 is 31.1 Å². The highest BCUT2D eigenvalue weighted by atomic mass is 32.3. The number of halogens is 1. The number of carbonyl (C=O) groups is 1. The number of rotatable bonds is 4. The Morgan fingerprint density at radius 3 is 2.09 bits per heavy atom. The molecule has 0 N–H and O–H groups in total. The Kier molecular flexibility index (Phi) is 6.94. The first kappa shape index (κ1) is 25.9. The zero-order valence-electron chi connectivity index (χ0n) is 20.5. The quantitative estimate of drug-likeness (QED) is 0.480. The van der Waals surface area contributed by atoms with Crippen LogP contribution in [-0.2, 0) is 30.8 Å². The van der Waals surface area contributed by atoms with Crippen molar-refractivity contribution in [2.75, 3.05) is 26.2 Å². The van der Waals surface area contributed by atoms with Crippen LogP contribution in [-0.4, -0.2) is 74.4 Å². The van der Waals surface area contributed by atoms with Crippen molar-refractivity contribution in [2.45, 2.75) is 76.7 Å². The van der Waals surface area contributed by atoms with Gasteiger partial charge in [-0.15, -0.1) is 3.89 Å². The normalized spacial score (nSPS) is 21.3. The first-order chi connectivity index (χ1) is 15.0. The highest BCUT2D eigenvalue weighted by Crippen LogP contribution is 2.36. The molecule has 0 spiro atoms. The zero-order valence-corrected chi connectivity index (χ0v) is 21.3. The Hall–Kier alpha value is -1.69.